The van der Waals surface area contributed by atoms with Crippen molar-refractivity contribution < 1.29 is 14.6 Å². The Balaban J connectivity index is 2.14. The van der Waals surface area contributed by atoms with E-state index >= 15 is 0 Å². The smallest absolute Gasteiger partial charge is 0.259 e. The summed E-state index contributed by atoms with van der Waals surface area (Å²) < 4.78 is 4.99. The number of carbonyl (C=O) groups is 1. The zero-order chi connectivity index (χ0) is 15.2. The maximum Gasteiger partial charge on any atom is 0.259 e. The van der Waals surface area contributed by atoms with Crippen LogP contribution < -0.4 is 15.4 Å². The van der Waals surface area contributed by atoms with Gasteiger partial charge in [0.2, 0.25) is 0 Å². The quantitative estimate of drug-likeness (QED) is 0.789. The summed E-state index contributed by atoms with van der Waals surface area (Å²) in [7, 11) is 3.32. The van der Waals surface area contributed by atoms with Crippen molar-refractivity contribution in [3.63, 3.8) is 0 Å². The van der Waals surface area contributed by atoms with E-state index in [0.29, 0.717) is 5.69 Å². The predicted molar refractivity (Wildman–Crippen MR) is 81.8 cm³/mol. The van der Waals surface area contributed by atoms with Crippen LogP contribution in [0.2, 0.25) is 0 Å². The van der Waals surface area contributed by atoms with Crippen LogP contribution in [0.1, 0.15) is 15.9 Å². The molecule has 0 radical (unpaired) electrons. The van der Waals surface area contributed by atoms with Gasteiger partial charge in [-0.2, -0.15) is 0 Å². The third-order valence-electron chi connectivity index (χ3n) is 3.06. The molecule has 5 nitrogen and oxygen atoms in total. The summed E-state index contributed by atoms with van der Waals surface area (Å²) in [5.74, 6) is -0.274. The summed E-state index contributed by atoms with van der Waals surface area (Å²) in [6.45, 7) is 0.769. The second kappa shape index (κ2) is 6.76. The molecule has 2 rings (SSSR count). The van der Waals surface area contributed by atoms with E-state index in [-0.39, 0.29) is 23.0 Å². The van der Waals surface area contributed by atoms with Crippen molar-refractivity contribution in [1.82, 2.24) is 5.32 Å². The summed E-state index contributed by atoms with van der Waals surface area (Å²) in [6, 6.07) is 12.3. The van der Waals surface area contributed by atoms with Gasteiger partial charge in [-0.25, -0.2) is 0 Å². The maximum atomic E-state index is 12.2. The molecule has 0 saturated carbocycles. The second-order valence-electron chi connectivity index (χ2n) is 4.54. The topological polar surface area (TPSA) is 70.6 Å². The zero-order valence-corrected chi connectivity index (χ0v) is 12.0. The molecule has 21 heavy (non-hydrogen) atoms. The maximum absolute atomic E-state index is 12.2. The molecule has 0 bridgehead atoms. The van der Waals surface area contributed by atoms with Crippen LogP contribution in [0.25, 0.3) is 0 Å². The van der Waals surface area contributed by atoms with Gasteiger partial charge in [0.25, 0.3) is 5.91 Å². The van der Waals surface area contributed by atoms with Gasteiger partial charge in [-0.3, -0.25) is 4.79 Å². The Hall–Kier alpha value is -2.53. The molecule has 0 aromatic heterocycles. The average Bonchev–Trinajstić information content (AvgIpc) is 2.49. The van der Waals surface area contributed by atoms with Crippen molar-refractivity contribution in [2.75, 3.05) is 19.5 Å². The lowest BCUT2D eigenvalue weighted by Crippen LogP contribution is -2.12. The summed E-state index contributed by atoms with van der Waals surface area (Å²) in [6.07, 6.45) is 0. The number of carbonyl (C=O) groups excluding carboxylic acids is 1. The summed E-state index contributed by atoms with van der Waals surface area (Å²) in [5.41, 5.74) is 1.97. The highest BCUT2D eigenvalue weighted by Gasteiger charge is 2.14. The lowest BCUT2D eigenvalue weighted by molar-refractivity contribution is 0.102. The Kier molecular flexibility index (Phi) is 4.79. The predicted octanol–water partition coefficient (Wildman–Crippen LogP) is 2.37. The molecule has 5 heteroatoms. The Morgan fingerprint density at radius 2 is 1.90 bits per heavy atom. The fourth-order valence-corrected chi connectivity index (χ4v) is 1.98. The molecule has 0 atom stereocenters. The molecule has 0 aliphatic rings. The molecular formula is C16H18N2O3. The molecule has 2 aromatic carbocycles. The van der Waals surface area contributed by atoms with Gasteiger partial charge >= 0.3 is 0 Å². The van der Waals surface area contributed by atoms with Gasteiger partial charge in [0.05, 0.1) is 12.7 Å². The minimum atomic E-state index is -0.382. The van der Waals surface area contributed by atoms with Crippen LogP contribution in [0, 0.1) is 0 Å². The fourth-order valence-electron chi connectivity index (χ4n) is 1.98. The lowest BCUT2D eigenvalue weighted by atomic mass is 10.1. The van der Waals surface area contributed by atoms with Crippen LogP contribution in [-0.2, 0) is 6.54 Å². The number of nitrogens with one attached hydrogen (secondary N) is 2. The van der Waals surface area contributed by atoms with Gasteiger partial charge in [-0.05, 0) is 36.9 Å². The largest absolute Gasteiger partial charge is 0.504 e. The first-order chi connectivity index (χ1) is 10.2. The second-order valence-corrected chi connectivity index (χ2v) is 4.54. The molecule has 0 heterocycles. The van der Waals surface area contributed by atoms with Crippen LogP contribution in [-0.4, -0.2) is 25.2 Å². The van der Waals surface area contributed by atoms with Crippen molar-refractivity contribution >= 4 is 11.6 Å². The molecule has 0 saturated heterocycles. The Bertz CT molecular complexity index is 624. The fraction of sp³-hybridized carbons (Fsp3) is 0.188. The summed E-state index contributed by atoms with van der Waals surface area (Å²) in [5, 5.41) is 15.8. The van der Waals surface area contributed by atoms with E-state index in [2.05, 4.69) is 10.6 Å². The molecule has 0 unspecified atom stereocenters. The van der Waals surface area contributed by atoms with Crippen LogP contribution >= 0.6 is 0 Å². The minimum Gasteiger partial charge on any atom is -0.504 e. The SMILES string of the molecule is CNCc1ccc(NC(=O)c2cccc(OC)c2O)cc1. The van der Waals surface area contributed by atoms with Crippen LogP contribution in [0.15, 0.2) is 42.5 Å². The molecule has 3 N–H and O–H groups in total. The average molecular weight is 286 g/mol. The minimum absolute atomic E-state index is 0.163. The molecule has 110 valence electrons. The Morgan fingerprint density at radius 3 is 2.52 bits per heavy atom. The standard InChI is InChI=1S/C16H18N2O3/c1-17-10-11-6-8-12(9-7-11)18-16(20)13-4-3-5-14(21-2)15(13)19/h3-9,17,19H,10H2,1-2H3,(H,18,20). The molecule has 2 aromatic rings. The number of aromatic hydroxyl groups is 1. The number of hydrogen-bond acceptors (Lipinski definition) is 4. The van der Waals surface area contributed by atoms with Gasteiger partial charge in [0, 0.05) is 12.2 Å². The van der Waals surface area contributed by atoms with E-state index in [1.165, 1.54) is 7.11 Å². The number of ether oxygens (including phenoxy) is 1. The van der Waals surface area contributed by atoms with Crippen molar-refractivity contribution in [2.45, 2.75) is 6.54 Å². The van der Waals surface area contributed by atoms with E-state index < -0.39 is 0 Å². The molecule has 0 aliphatic carbocycles. The van der Waals surface area contributed by atoms with Crippen molar-refractivity contribution in [3.8, 4) is 11.5 Å². The molecule has 0 fully saturated rings. The number of rotatable bonds is 5. The first-order valence-corrected chi connectivity index (χ1v) is 6.56. The summed E-state index contributed by atoms with van der Waals surface area (Å²) in [4.78, 5) is 12.2. The first-order valence-electron chi connectivity index (χ1n) is 6.56. The third kappa shape index (κ3) is 3.52. The number of hydrogen-bond donors (Lipinski definition) is 3. The normalized spacial score (nSPS) is 10.2. The zero-order valence-electron chi connectivity index (χ0n) is 12.0. The number of anilines is 1. The monoisotopic (exact) mass is 286 g/mol. The van der Waals surface area contributed by atoms with Crippen LogP contribution in [0.4, 0.5) is 5.69 Å². The van der Waals surface area contributed by atoms with Gasteiger partial charge in [-0.1, -0.05) is 18.2 Å². The highest BCUT2D eigenvalue weighted by atomic mass is 16.5. The Labute approximate surface area is 123 Å². The number of amides is 1. The highest BCUT2D eigenvalue weighted by Crippen LogP contribution is 2.29. The van der Waals surface area contributed by atoms with Crippen molar-refractivity contribution in [2.24, 2.45) is 0 Å². The number of phenolic OH excluding ortho intramolecular Hbond substituents is 1. The van der Waals surface area contributed by atoms with Gasteiger partial charge in [0.1, 0.15) is 0 Å². The molecule has 0 aliphatic heterocycles. The van der Waals surface area contributed by atoms with Gasteiger partial charge < -0.3 is 20.5 Å². The highest BCUT2D eigenvalue weighted by molar-refractivity contribution is 6.06. The van der Waals surface area contributed by atoms with Crippen LogP contribution in [0.5, 0.6) is 11.5 Å². The van der Waals surface area contributed by atoms with Crippen molar-refractivity contribution in [1.29, 1.82) is 0 Å². The first kappa shape index (κ1) is 14.9. The van der Waals surface area contributed by atoms with Gasteiger partial charge in [0.15, 0.2) is 11.5 Å². The van der Waals surface area contributed by atoms with E-state index in [9.17, 15) is 9.90 Å². The van der Waals surface area contributed by atoms with E-state index in [4.69, 9.17) is 4.74 Å². The molecular weight excluding hydrogens is 268 g/mol. The van der Waals surface area contributed by atoms with Gasteiger partial charge in [-0.15, -0.1) is 0 Å². The molecule has 1 amide bonds. The van der Waals surface area contributed by atoms with E-state index in [1.54, 1.807) is 18.2 Å². The third-order valence-corrected chi connectivity index (χ3v) is 3.06. The lowest BCUT2D eigenvalue weighted by Gasteiger charge is -2.10. The number of phenols is 1. The number of methoxy groups -OCH3 is 1. The molecule has 0 spiro atoms. The van der Waals surface area contributed by atoms with E-state index in [1.807, 2.05) is 31.3 Å². The van der Waals surface area contributed by atoms with E-state index in [0.717, 1.165) is 12.1 Å². The summed E-state index contributed by atoms with van der Waals surface area (Å²) >= 11 is 0. The number of benzene rings is 2. The Morgan fingerprint density at radius 1 is 1.19 bits per heavy atom. The van der Waals surface area contributed by atoms with Crippen LogP contribution in [0.3, 0.4) is 0 Å². The van der Waals surface area contributed by atoms with Crippen molar-refractivity contribution in [3.05, 3.63) is 53.6 Å². The number of para-hydroxylation sites is 1.